The van der Waals surface area contributed by atoms with Gasteiger partial charge in [0.05, 0.1) is 47.8 Å². The van der Waals surface area contributed by atoms with Crippen LogP contribution in [0.2, 0.25) is 5.02 Å². The number of methoxy groups -OCH3 is 1. The lowest BCUT2D eigenvalue weighted by Crippen LogP contribution is -2.49. The molecule has 2 aromatic heterocycles. The van der Waals surface area contributed by atoms with E-state index in [4.69, 9.17) is 30.8 Å². The molecule has 0 bridgehead atoms. The number of anilines is 2. The van der Waals surface area contributed by atoms with Gasteiger partial charge in [-0.05, 0) is 58.4 Å². The first-order chi connectivity index (χ1) is 22.8. The predicted molar refractivity (Wildman–Crippen MR) is 184 cm³/mol. The standard InChI is InChI=1S/C34H40ClN7O4S/c1-6-42-23(4)22(3)38-33(42)47-31-10-9-25(17-27(31)35)39-32-24(20-36)21-37-28-19-30(29(44-5)18-26(28)32)46-16-8-11-40-12-14-41(15-13-40)34(43)45-7-2/h9-10,17-19,21H,6-8,11-16H2,1-5H3,(H,37,39). The summed E-state index contributed by atoms with van der Waals surface area (Å²) >= 11 is 8.28. The Kier molecular flexibility index (Phi) is 11.3. The molecule has 2 aromatic carbocycles. The molecule has 0 saturated carbocycles. The van der Waals surface area contributed by atoms with E-state index < -0.39 is 0 Å². The summed E-state index contributed by atoms with van der Waals surface area (Å²) < 4.78 is 19.1. The fourth-order valence-electron chi connectivity index (χ4n) is 5.51. The summed E-state index contributed by atoms with van der Waals surface area (Å²) in [6, 6.07) is 11.7. The van der Waals surface area contributed by atoms with Crippen LogP contribution in [-0.2, 0) is 11.3 Å². The first-order valence-electron chi connectivity index (χ1n) is 15.7. The number of imidazole rings is 1. The minimum absolute atomic E-state index is 0.245. The van der Waals surface area contributed by atoms with Crippen molar-refractivity contribution in [1.29, 1.82) is 5.26 Å². The third-order valence-electron chi connectivity index (χ3n) is 8.19. The second-order valence-electron chi connectivity index (χ2n) is 11.1. The van der Waals surface area contributed by atoms with Crippen molar-refractivity contribution in [3.05, 3.63) is 58.5 Å². The molecule has 13 heteroatoms. The highest BCUT2D eigenvalue weighted by molar-refractivity contribution is 7.99. The van der Waals surface area contributed by atoms with Gasteiger partial charge in [-0.1, -0.05) is 23.4 Å². The lowest BCUT2D eigenvalue weighted by atomic mass is 10.1. The Labute approximate surface area is 284 Å². The van der Waals surface area contributed by atoms with Gasteiger partial charge in [0.2, 0.25) is 0 Å². The molecular weight excluding hydrogens is 638 g/mol. The summed E-state index contributed by atoms with van der Waals surface area (Å²) in [6.07, 6.45) is 2.12. The van der Waals surface area contributed by atoms with E-state index in [2.05, 4.69) is 39.7 Å². The van der Waals surface area contributed by atoms with Crippen LogP contribution in [-0.4, -0.2) is 83.5 Å². The van der Waals surface area contributed by atoms with Gasteiger partial charge < -0.3 is 29.0 Å². The topological polar surface area (TPSA) is 118 Å². The van der Waals surface area contributed by atoms with Crippen LogP contribution in [0.4, 0.5) is 16.2 Å². The average molecular weight is 678 g/mol. The number of ether oxygens (including phenoxy) is 3. The molecule has 47 heavy (non-hydrogen) atoms. The number of fused-ring (bicyclic) bond motifs is 1. The van der Waals surface area contributed by atoms with E-state index in [1.807, 2.05) is 44.2 Å². The number of benzene rings is 2. The molecule has 5 rings (SSSR count). The summed E-state index contributed by atoms with van der Waals surface area (Å²) in [7, 11) is 1.59. The Bertz CT molecular complexity index is 1780. The molecule has 3 heterocycles. The van der Waals surface area contributed by atoms with Gasteiger partial charge in [0, 0.05) is 73.2 Å². The first kappa shape index (κ1) is 34.2. The maximum Gasteiger partial charge on any atom is 0.409 e. The largest absolute Gasteiger partial charge is 0.493 e. The minimum atomic E-state index is -0.245. The molecule has 0 unspecified atom stereocenters. The number of amides is 1. The van der Waals surface area contributed by atoms with Gasteiger partial charge in [0.1, 0.15) is 6.07 Å². The summed E-state index contributed by atoms with van der Waals surface area (Å²) in [6.45, 7) is 13.5. The van der Waals surface area contributed by atoms with Crippen molar-refractivity contribution < 1.29 is 19.0 Å². The predicted octanol–water partition coefficient (Wildman–Crippen LogP) is 7.04. The Hall–Kier alpha value is -4.18. The van der Waals surface area contributed by atoms with E-state index >= 15 is 0 Å². The quantitative estimate of drug-likeness (QED) is 0.156. The monoisotopic (exact) mass is 677 g/mol. The second kappa shape index (κ2) is 15.6. The van der Waals surface area contributed by atoms with Crippen LogP contribution in [0, 0.1) is 25.2 Å². The SMILES string of the molecule is CCOC(=O)N1CCN(CCCOc2cc3ncc(C#N)c(Nc4ccc(Sc5nc(C)c(C)n5CC)c(Cl)c4)c3cc2OC)CC1. The van der Waals surface area contributed by atoms with Crippen LogP contribution in [0.1, 0.15) is 37.2 Å². The van der Waals surface area contributed by atoms with Crippen molar-refractivity contribution in [3.8, 4) is 17.6 Å². The molecule has 1 amide bonds. The molecule has 0 atom stereocenters. The Balaban J connectivity index is 1.27. The van der Waals surface area contributed by atoms with Crippen LogP contribution in [0.3, 0.4) is 0 Å². The molecule has 1 fully saturated rings. The zero-order chi connectivity index (χ0) is 33.5. The molecule has 248 valence electrons. The summed E-state index contributed by atoms with van der Waals surface area (Å²) in [5, 5.41) is 15.5. The number of hydrogen-bond donors (Lipinski definition) is 1. The van der Waals surface area contributed by atoms with Crippen LogP contribution in [0.5, 0.6) is 11.5 Å². The van der Waals surface area contributed by atoms with Gasteiger partial charge >= 0.3 is 6.09 Å². The van der Waals surface area contributed by atoms with Gasteiger partial charge in [-0.25, -0.2) is 9.78 Å². The molecular formula is C34H40ClN7O4S. The molecule has 1 N–H and O–H groups in total. The smallest absolute Gasteiger partial charge is 0.409 e. The van der Waals surface area contributed by atoms with E-state index in [0.29, 0.717) is 59.6 Å². The Morgan fingerprint density at radius 2 is 1.91 bits per heavy atom. The highest BCUT2D eigenvalue weighted by Crippen LogP contribution is 2.39. The number of nitriles is 1. The number of aromatic nitrogens is 3. The second-order valence-corrected chi connectivity index (χ2v) is 12.5. The fourth-order valence-corrected chi connectivity index (χ4v) is 6.85. The van der Waals surface area contributed by atoms with E-state index in [-0.39, 0.29) is 6.09 Å². The third-order valence-corrected chi connectivity index (χ3v) is 9.68. The number of carbonyl (C=O) groups excluding carboxylic acids is 1. The lowest BCUT2D eigenvalue weighted by molar-refractivity contribution is 0.0781. The number of nitrogens with zero attached hydrogens (tertiary/aromatic N) is 6. The van der Waals surface area contributed by atoms with Crippen molar-refractivity contribution in [3.63, 3.8) is 0 Å². The summed E-state index contributed by atoms with van der Waals surface area (Å²) in [5.74, 6) is 1.12. The highest BCUT2D eigenvalue weighted by Gasteiger charge is 2.22. The van der Waals surface area contributed by atoms with Crippen molar-refractivity contribution in [2.24, 2.45) is 0 Å². The third kappa shape index (κ3) is 7.87. The van der Waals surface area contributed by atoms with Gasteiger partial charge in [0.15, 0.2) is 16.7 Å². The van der Waals surface area contributed by atoms with Crippen molar-refractivity contribution >= 4 is 51.7 Å². The minimum Gasteiger partial charge on any atom is -0.493 e. The van der Waals surface area contributed by atoms with Crippen LogP contribution >= 0.6 is 23.4 Å². The number of piperazine rings is 1. The zero-order valence-electron chi connectivity index (χ0n) is 27.4. The van der Waals surface area contributed by atoms with E-state index in [1.54, 1.807) is 18.2 Å². The number of nitrogens with one attached hydrogen (secondary N) is 1. The summed E-state index contributed by atoms with van der Waals surface area (Å²) in [5.41, 5.74) is 4.54. The van der Waals surface area contributed by atoms with E-state index in [1.165, 1.54) is 11.8 Å². The van der Waals surface area contributed by atoms with Crippen molar-refractivity contribution in [1.82, 2.24) is 24.3 Å². The van der Waals surface area contributed by atoms with Gasteiger partial charge in [-0.2, -0.15) is 5.26 Å². The molecule has 4 aromatic rings. The van der Waals surface area contributed by atoms with Gasteiger partial charge in [-0.3, -0.25) is 9.88 Å². The van der Waals surface area contributed by atoms with E-state index in [9.17, 15) is 10.1 Å². The maximum atomic E-state index is 12.0. The molecule has 1 aliphatic rings. The number of hydrogen-bond acceptors (Lipinski definition) is 10. The normalized spacial score (nSPS) is 13.4. The van der Waals surface area contributed by atoms with Crippen molar-refractivity contribution in [2.45, 2.75) is 50.7 Å². The highest BCUT2D eigenvalue weighted by atomic mass is 35.5. The van der Waals surface area contributed by atoms with Crippen LogP contribution in [0.25, 0.3) is 10.9 Å². The number of carbonyl (C=O) groups is 1. The molecule has 0 aliphatic carbocycles. The molecule has 1 aliphatic heterocycles. The van der Waals surface area contributed by atoms with Crippen LogP contribution in [0.15, 0.2) is 46.6 Å². The Morgan fingerprint density at radius 1 is 1.13 bits per heavy atom. The Morgan fingerprint density at radius 3 is 2.60 bits per heavy atom. The number of halogens is 1. The summed E-state index contributed by atoms with van der Waals surface area (Å²) in [4.78, 5) is 26.2. The van der Waals surface area contributed by atoms with Gasteiger partial charge in [0.25, 0.3) is 0 Å². The number of rotatable bonds is 12. The number of aryl methyl sites for hydroxylation is 1. The molecule has 11 nitrogen and oxygen atoms in total. The molecule has 1 saturated heterocycles. The molecule has 0 spiro atoms. The number of pyridine rings is 1. The molecule has 0 radical (unpaired) electrons. The average Bonchev–Trinajstić information content (AvgIpc) is 3.35. The van der Waals surface area contributed by atoms with E-state index in [0.717, 1.165) is 65.1 Å². The first-order valence-corrected chi connectivity index (χ1v) is 16.9. The fraction of sp³-hybridized carbons (Fsp3) is 0.412. The van der Waals surface area contributed by atoms with Crippen LogP contribution < -0.4 is 14.8 Å². The zero-order valence-corrected chi connectivity index (χ0v) is 29.0. The lowest BCUT2D eigenvalue weighted by Gasteiger charge is -2.33. The van der Waals surface area contributed by atoms with Gasteiger partial charge in [-0.15, -0.1) is 0 Å². The maximum absolute atomic E-state index is 12.0. The van der Waals surface area contributed by atoms with Crippen molar-refractivity contribution in [2.75, 3.05) is 58.4 Å².